The Labute approximate surface area is 221 Å². The van der Waals surface area contributed by atoms with Gasteiger partial charge in [-0.2, -0.15) is 18.3 Å². The molecular weight excluding hydrogens is 539 g/mol. The van der Waals surface area contributed by atoms with Gasteiger partial charge in [0.1, 0.15) is 5.75 Å². The highest BCUT2D eigenvalue weighted by molar-refractivity contribution is 7.90. The van der Waals surface area contributed by atoms with E-state index in [1.165, 1.54) is 12.1 Å². The lowest BCUT2D eigenvalue weighted by Gasteiger charge is -2.18. The Morgan fingerprint density at radius 2 is 1.56 bits per heavy atom. The highest BCUT2D eigenvalue weighted by Crippen LogP contribution is 2.35. The lowest BCUT2D eigenvalue weighted by molar-refractivity contribution is -0.141. The lowest BCUT2D eigenvalue weighted by Crippen LogP contribution is -2.33. The Hall–Kier alpha value is -4.20. The van der Waals surface area contributed by atoms with E-state index in [2.05, 4.69) is 5.10 Å². The molecule has 0 unspecified atom stereocenters. The maximum atomic E-state index is 13.6. The molecule has 4 aromatic rings. The van der Waals surface area contributed by atoms with E-state index < -0.39 is 46.1 Å². The smallest absolute Gasteiger partial charge is 0.410 e. The number of hydrogen-bond acceptors (Lipinski definition) is 7. The number of para-hydroxylation sites is 1. The summed E-state index contributed by atoms with van der Waals surface area (Å²) >= 11 is 0. The van der Waals surface area contributed by atoms with Crippen molar-refractivity contribution in [2.24, 2.45) is 0 Å². The number of aryl methyl sites for hydroxylation is 1. The minimum Gasteiger partial charge on any atom is -0.410 e. The number of nitrogens with zero attached hydrogens (tertiary/aromatic N) is 2. The first kappa shape index (κ1) is 27.8. The Morgan fingerprint density at radius 1 is 0.974 bits per heavy atom. The van der Waals surface area contributed by atoms with Gasteiger partial charge in [0.25, 0.3) is 10.0 Å². The predicted molar refractivity (Wildman–Crippen MR) is 133 cm³/mol. The number of carbonyl (C=O) groups excluding carboxylic acids is 1. The molecule has 4 rings (SSSR count). The number of amides is 1. The summed E-state index contributed by atoms with van der Waals surface area (Å²) in [6.07, 6.45) is -6.12. The minimum absolute atomic E-state index is 0.00750. The second kappa shape index (κ2) is 10.9. The van der Waals surface area contributed by atoms with Gasteiger partial charge in [-0.1, -0.05) is 48.0 Å². The number of halogens is 3. The van der Waals surface area contributed by atoms with E-state index in [0.717, 1.165) is 28.4 Å². The molecule has 204 valence electrons. The molecule has 0 bridgehead atoms. The molecule has 13 heteroatoms. The highest BCUT2D eigenvalue weighted by atomic mass is 32.2. The molecule has 0 aliphatic carbocycles. The summed E-state index contributed by atoms with van der Waals surface area (Å²) in [6.45, 7) is 0.155. The van der Waals surface area contributed by atoms with Gasteiger partial charge in [0.2, 0.25) is 0 Å². The molecule has 0 fully saturated rings. The van der Waals surface area contributed by atoms with Gasteiger partial charge in [-0.15, -0.1) is 0 Å². The van der Waals surface area contributed by atoms with Crippen LogP contribution in [0.4, 0.5) is 18.0 Å². The van der Waals surface area contributed by atoms with Crippen molar-refractivity contribution in [2.75, 3.05) is 0 Å². The summed E-state index contributed by atoms with van der Waals surface area (Å²) in [7, 11) is -4.59. The van der Waals surface area contributed by atoms with Crippen molar-refractivity contribution < 1.29 is 41.3 Å². The van der Waals surface area contributed by atoms with Crippen molar-refractivity contribution in [3.63, 3.8) is 0 Å². The van der Waals surface area contributed by atoms with Crippen LogP contribution in [-0.2, 0) is 29.4 Å². The number of hydrogen-bond donors (Lipinski definition) is 3. The maximum Gasteiger partial charge on any atom is 0.435 e. The second-order valence-electron chi connectivity index (χ2n) is 8.40. The van der Waals surface area contributed by atoms with Gasteiger partial charge in [-0.25, -0.2) is 22.6 Å². The summed E-state index contributed by atoms with van der Waals surface area (Å²) < 4.78 is 74.3. The SMILES string of the molecule is Cc1ccc(-c2cc(C(F)(F)F)nn2-c2c(CO)cc(S(=O)(=O)NC(=O)Oc3ccccc3)cc2CO)cc1. The van der Waals surface area contributed by atoms with Crippen LogP contribution >= 0.6 is 0 Å². The second-order valence-corrected chi connectivity index (χ2v) is 10.1. The van der Waals surface area contributed by atoms with Crippen molar-refractivity contribution in [1.82, 2.24) is 14.5 Å². The molecule has 0 radical (unpaired) electrons. The number of nitrogens with one attached hydrogen (secondary N) is 1. The number of aromatic nitrogens is 2. The predicted octanol–water partition coefficient (Wildman–Crippen LogP) is 4.33. The standard InChI is InChI=1S/C26H22F3N3O6S/c1-16-7-9-17(10-8-16)22-13-23(26(27,28)29)30-32(22)24-18(14-33)11-21(12-19(24)15-34)39(36,37)31-25(35)38-20-5-3-2-4-6-20/h2-13,33-34H,14-15H2,1H3,(H,31,35). The zero-order valence-electron chi connectivity index (χ0n) is 20.3. The van der Waals surface area contributed by atoms with Crippen LogP contribution in [-0.4, -0.2) is 34.5 Å². The fraction of sp³-hybridized carbons (Fsp3) is 0.154. The molecule has 1 amide bonds. The van der Waals surface area contributed by atoms with Crippen molar-refractivity contribution >= 4 is 16.1 Å². The lowest BCUT2D eigenvalue weighted by atomic mass is 10.1. The molecule has 3 aromatic carbocycles. The average Bonchev–Trinajstić information content (AvgIpc) is 3.34. The van der Waals surface area contributed by atoms with E-state index in [0.29, 0.717) is 5.56 Å². The van der Waals surface area contributed by atoms with Crippen LogP contribution in [0.1, 0.15) is 22.4 Å². The summed E-state index contributed by atoms with van der Waals surface area (Å²) in [6, 6.07) is 17.0. The van der Waals surface area contributed by atoms with Crippen LogP contribution in [0.15, 0.2) is 77.7 Å². The number of sulfonamides is 1. The number of aliphatic hydroxyl groups excluding tert-OH is 2. The molecule has 0 saturated carbocycles. The van der Waals surface area contributed by atoms with Gasteiger partial charge < -0.3 is 14.9 Å². The molecule has 0 saturated heterocycles. The first-order chi connectivity index (χ1) is 18.4. The molecule has 1 aromatic heterocycles. The maximum absolute atomic E-state index is 13.6. The molecule has 1 heterocycles. The first-order valence-corrected chi connectivity index (χ1v) is 12.8. The van der Waals surface area contributed by atoms with Gasteiger partial charge >= 0.3 is 12.3 Å². The van der Waals surface area contributed by atoms with Crippen LogP contribution in [0.25, 0.3) is 16.9 Å². The van der Waals surface area contributed by atoms with Gasteiger partial charge in [0, 0.05) is 16.7 Å². The van der Waals surface area contributed by atoms with Crippen LogP contribution in [0.2, 0.25) is 0 Å². The molecule has 3 N–H and O–H groups in total. The first-order valence-electron chi connectivity index (χ1n) is 11.3. The van der Waals surface area contributed by atoms with E-state index in [9.17, 15) is 36.6 Å². The van der Waals surface area contributed by atoms with Crippen LogP contribution < -0.4 is 9.46 Å². The summed E-state index contributed by atoms with van der Waals surface area (Å²) in [5.74, 6) is 0.0791. The third-order valence-electron chi connectivity index (χ3n) is 5.62. The van der Waals surface area contributed by atoms with Crippen molar-refractivity contribution in [1.29, 1.82) is 0 Å². The Kier molecular flexibility index (Phi) is 7.77. The van der Waals surface area contributed by atoms with Gasteiger partial charge in [0.15, 0.2) is 5.69 Å². The summed E-state index contributed by atoms with van der Waals surface area (Å²) in [5, 5.41) is 23.8. The zero-order chi connectivity index (χ0) is 28.4. The van der Waals surface area contributed by atoms with Crippen LogP contribution in [0.3, 0.4) is 0 Å². The van der Waals surface area contributed by atoms with Crippen molar-refractivity contribution in [2.45, 2.75) is 31.2 Å². The van der Waals surface area contributed by atoms with Crippen molar-refractivity contribution in [3.8, 4) is 22.7 Å². The molecule has 39 heavy (non-hydrogen) atoms. The third-order valence-corrected chi connectivity index (χ3v) is 6.91. The average molecular weight is 562 g/mol. The fourth-order valence-corrected chi connectivity index (χ4v) is 4.78. The van der Waals surface area contributed by atoms with E-state index in [1.807, 2.05) is 0 Å². The number of rotatable bonds is 7. The number of ether oxygens (including phenoxy) is 1. The number of aliphatic hydroxyl groups is 2. The molecule has 0 aliphatic heterocycles. The van der Waals surface area contributed by atoms with Crippen LogP contribution in [0, 0.1) is 6.92 Å². The van der Waals surface area contributed by atoms with Crippen molar-refractivity contribution in [3.05, 3.63) is 95.2 Å². The summed E-state index contributed by atoms with van der Waals surface area (Å²) in [5.41, 5.74) is -0.483. The molecule has 0 atom stereocenters. The van der Waals surface area contributed by atoms with E-state index in [4.69, 9.17) is 4.74 Å². The molecular formula is C26H22F3N3O6S. The molecule has 0 aliphatic rings. The highest BCUT2D eigenvalue weighted by Gasteiger charge is 2.36. The van der Waals surface area contributed by atoms with E-state index >= 15 is 0 Å². The number of alkyl halides is 3. The number of carbonyl (C=O) groups is 1. The third kappa shape index (κ3) is 6.11. The van der Waals surface area contributed by atoms with Gasteiger partial charge in [-0.3, -0.25) is 0 Å². The normalized spacial score (nSPS) is 11.8. The summed E-state index contributed by atoms with van der Waals surface area (Å²) in [4.78, 5) is 11.7. The zero-order valence-corrected chi connectivity index (χ0v) is 21.1. The van der Waals surface area contributed by atoms with E-state index in [-0.39, 0.29) is 28.3 Å². The Morgan fingerprint density at radius 3 is 2.10 bits per heavy atom. The monoisotopic (exact) mass is 561 g/mol. The molecule has 9 nitrogen and oxygen atoms in total. The minimum atomic E-state index is -4.81. The Bertz CT molecular complexity index is 1580. The topological polar surface area (TPSA) is 131 Å². The number of benzene rings is 3. The quantitative estimate of drug-likeness (QED) is 0.306. The Balaban J connectivity index is 1.81. The van der Waals surface area contributed by atoms with E-state index in [1.54, 1.807) is 54.1 Å². The largest absolute Gasteiger partial charge is 0.435 e. The van der Waals surface area contributed by atoms with Gasteiger partial charge in [0.05, 0.1) is 29.5 Å². The van der Waals surface area contributed by atoms with Crippen LogP contribution in [0.5, 0.6) is 5.75 Å². The van der Waals surface area contributed by atoms with Gasteiger partial charge in [-0.05, 0) is 37.3 Å². The fourth-order valence-electron chi connectivity index (χ4n) is 3.80. The molecule has 0 spiro atoms.